The van der Waals surface area contributed by atoms with Crippen molar-refractivity contribution in [2.24, 2.45) is 11.8 Å². The third-order valence-electron chi connectivity index (χ3n) is 4.92. The van der Waals surface area contributed by atoms with Gasteiger partial charge in [0.25, 0.3) is 0 Å². The van der Waals surface area contributed by atoms with Crippen LogP contribution in [0.3, 0.4) is 0 Å². The SMILES string of the molecule is CNCc1sc2ccccc2c1CN1CCC(C)C(C)C1. The van der Waals surface area contributed by atoms with E-state index < -0.39 is 0 Å². The number of rotatable bonds is 4. The molecule has 0 bridgehead atoms. The van der Waals surface area contributed by atoms with Crippen molar-refractivity contribution in [1.82, 2.24) is 10.2 Å². The lowest BCUT2D eigenvalue weighted by Gasteiger charge is -2.35. The van der Waals surface area contributed by atoms with Crippen molar-refractivity contribution < 1.29 is 0 Å². The maximum Gasteiger partial charge on any atom is 0.0349 e. The Bertz CT molecular complexity index is 604. The van der Waals surface area contributed by atoms with Gasteiger partial charge >= 0.3 is 0 Å². The molecule has 1 saturated heterocycles. The molecule has 1 aliphatic heterocycles. The monoisotopic (exact) mass is 302 g/mol. The standard InChI is InChI=1S/C18H26N2S/c1-13-8-9-20(11-14(13)2)12-16-15-6-4-5-7-17(15)21-18(16)10-19-3/h4-7,13-14,19H,8-12H2,1-3H3. The molecular formula is C18H26N2S. The van der Waals surface area contributed by atoms with Crippen LogP contribution in [0, 0.1) is 11.8 Å². The first kappa shape index (κ1) is 15.0. The Hall–Kier alpha value is -0.900. The number of piperidine rings is 1. The fraction of sp³-hybridized carbons (Fsp3) is 0.556. The Morgan fingerprint density at radius 1 is 1.24 bits per heavy atom. The molecule has 1 aromatic carbocycles. The topological polar surface area (TPSA) is 15.3 Å². The lowest BCUT2D eigenvalue weighted by atomic mass is 9.88. The predicted molar refractivity (Wildman–Crippen MR) is 92.8 cm³/mol. The summed E-state index contributed by atoms with van der Waals surface area (Å²) in [5.41, 5.74) is 1.55. The number of thiophene rings is 1. The summed E-state index contributed by atoms with van der Waals surface area (Å²) >= 11 is 1.95. The Morgan fingerprint density at radius 2 is 2.05 bits per heavy atom. The quantitative estimate of drug-likeness (QED) is 0.915. The summed E-state index contributed by atoms with van der Waals surface area (Å²) in [6, 6.07) is 8.86. The second-order valence-electron chi connectivity index (χ2n) is 6.51. The van der Waals surface area contributed by atoms with Gasteiger partial charge in [-0.1, -0.05) is 32.0 Å². The molecule has 3 rings (SSSR count). The minimum absolute atomic E-state index is 0.816. The normalized spacial score (nSPS) is 23.8. The maximum absolute atomic E-state index is 3.33. The number of likely N-dealkylation sites (tertiary alicyclic amines) is 1. The van der Waals surface area contributed by atoms with Gasteiger partial charge in [-0.2, -0.15) is 0 Å². The molecule has 0 aliphatic carbocycles. The first-order valence-electron chi connectivity index (χ1n) is 8.05. The molecule has 0 radical (unpaired) electrons. The maximum atomic E-state index is 3.33. The van der Waals surface area contributed by atoms with E-state index in [1.165, 1.54) is 34.5 Å². The average Bonchev–Trinajstić information content (AvgIpc) is 2.81. The van der Waals surface area contributed by atoms with Crippen LogP contribution in [-0.4, -0.2) is 25.0 Å². The molecule has 1 N–H and O–H groups in total. The highest BCUT2D eigenvalue weighted by atomic mass is 32.1. The van der Waals surface area contributed by atoms with Crippen LogP contribution in [0.15, 0.2) is 24.3 Å². The average molecular weight is 302 g/mol. The van der Waals surface area contributed by atoms with Crippen LogP contribution >= 0.6 is 11.3 Å². The molecule has 0 saturated carbocycles. The van der Waals surface area contributed by atoms with Crippen molar-refractivity contribution in [3.05, 3.63) is 34.7 Å². The number of hydrogen-bond acceptors (Lipinski definition) is 3. The van der Waals surface area contributed by atoms with Gasteiger partial charge in [-0.05, 0) is 48.9 Å². The zero-order chi connectivity index (χ0) is 14.8. The number of hydrogen-bond donors (Lipinski definition) is 1. The number of nitrogens with one attached hydrogen (secondary N) is 1. The first-order chi connectivity index (χ1) is 10.2. The molecule has 2 nitrogen and oxygen atoms in total. The molecule has 114 valence electrons. The van der Waals surface area contributed by atoms with Crippen LogP contribution < -0.4 is 5.32 Å². The van der Waals surface area contributed by atoms with Gasteiger partial charge in [0.15, 0.2) is 0 Å². The zero-order valence-corrected chi connectivity index (χ0v) is 14.2. The summed E-state index contributed by atoms with van der Waals surface area (Å²) in [7, 11) is 2.04. The Labute approximate surface area is 132 Å². The minimum atomic E-state index is 0.816. The van der Waals surface area contributed by atoms with Gasteiger partial charge in [-0.3, -0.25) is 4.90 Å². The van der Waals surface area contributed by atoms with E-state index in [0.717, 1.165) is 24.9 Å². The third kappa shape index (κ3) is 3.15. The highest BCUT2D eigenvalue weighted by Gasteiger charge is 2.24. The molecule has 1 aromatic heterocycles. The number of fused-ring (bicyclic) bond motifs is 1. The third-order valence-corrected chi connectivity index (χ3v) is 6.13. The molecular weight excluding hydrogens is 276 g/mol. The number of nitrogens with zero attached hydrogens (tertiary/aromatic N) is 1. The molecule has 2 heterocycles. The molecule has 1 aliphatic rings. The molecule has 2 aromatic rings. The van der Waals surface area contributed by atoms with Crippen LogP contribution in [0.4, 0.5) is 0 Å². The highest BCUT2D eigenvalue weighted by Crippen LogP contribution is 2.33. The highest BCUT2D eigenvalue weighted by molar-refractivity contribution is 7.19. The van der Waals surface area contributed by atoms with Crippen molar-refractivity contribution in [2.45, 2.75) is 33.4 Å². The van der Waals surface area contributed by atoms with E-state index in [0.29, 0.717) is 0 Å². The smallest absolute Gasteiger partial charge is 0.0349 e. The summed E-state index contributed by atoms with van der Waals surface area (Å²) in [5, 5.41) is 4.79. The molecule has 2 atom stereocenters. The van der Waals surface area contributed by atoms with E-state index >= 15 is 0 Å². The fourth-order valence-corrected chi connectivity index (χ4v) is 4.57. The van der Waals surface area contributed by atoms with Crippen LogP contribution in [0.25, 0.3) is 10.1 Å². The lowest BCUT2D eigenvalue weighted by Crippen LogP contribution is -2.38. The summed E-state index contributed by atoms with van der Waals surface area (Å²) in [4.78, 5) is 4.16. The minimum Gasteiger partial charge on any atom is -0.315 e. The number of benzene rings is 1. The fourth-order valence-electron chi connectivity index (χ4n) is 3.34. The van der Waals surface area contributed by atoms with E-state index in [4.69, 9.17) is 0 Å². The summed E-state index contributed by atoms with van der Waals surface area (Å²) in [6.45, 7) is 9.37. The second-order valence-corrected chi connectivity index (χ2v) is 7.65. The van der Waals surface area contributed by atoms with E-state index in [1.807, 2.05) is 18.4 Å². The van der Waals surface area contributed by atoms with Gasteiger partial charge in [-0.25, -0.2) is 0 Å². The van der Waals surface area contributed by atoms with Crippen LogP contribution in [0.2, 0.25) is 0 Å². The molecule has 0 spiro atoms. The van der Waals surface area contributed by atoms with Crippen LogP contribution in [0.1, 0.15) is 30.7 Å². The van der Waals surface area contributed by atoms with Crippen molar-refractivity contribution in [3.63, 3.8) is 0 Å². The Kier molecular flexibility index (Phi) is 4.63. The molecule has 1 fully saturated rings. The van der Waals surface area contributed by atoms with E-state index in [2.05, 4.69) is 48.3 Å². The van der Waals surface area contributed by atoms with Gasteiger partial charge < -0.3 is 5.32 Å². The molecule has 0 amide bonds. The van der Waals surface area contributed by atoms with Crippen molar-refractivity contribution in [2.75, 3.05) is 20.1 Å². The van der Waals surface area contributed by atoms with Crippen molar-refractivity contribution in [1.29, 1.82) is 0 Å². The summed E-state index contributed by atoms with van der Waals surface area (Å²) in [5.74, 6) is 1.69. The molecule has 3 heteroatoms. The van der Waals surface area contributed by atoms with Crippen LogP contribution in [-0.2, 0) is 13.1 Å². The molecule has 21 heavy (non-hydrogen) atoms. The first-order valence-corrected chi connectivity index (χ1v) is 8.87. The van der Waals surface area contributed by atoms with Gasteiger partial charge in [0.2, 0.25) is 0 Å². The van der Waals surface area contributed by atoms with Gasteiger partial charge in [-0.15, -0.1) is 11.3 Å². The van der Waals surface area contributed by atoms with Crippen molar-refractivity contribution in [3.8, 4) is 0 Å². The second kappa shape index (κ2) is 6.47. The van der Waals surface area contributed by atoms with E-state index in [1.54, 1.807) is 5.56 Å². The lowest BCUT2D eigenvalue weighted by molar-refractivity contribution is 0.132. The summed E-state index contributed by atoms with van der Waals surface area (Å²) < 4.78 is 1.43. The van der Waals surface area contributed by atoms with E-state index in [9.17, 15) is 0 Å². The van der Waals surface area contributed by atoms with E-state index in [-0.39, 0.29) is 0 Å². The van der Waals surface area contributed by atoms with Gasteiger partial charge in [0, 0.05) is 29.2 Å². The van der Waals surface area contributed by atoms with Crippen LogP contribution in [0.5, 0.6) is 0 Å². The van der Waals surface area contributed by atoms with Crippen molar-refractivity contribution >= 4 is 21.4 Å². The molecule has 2 unspecified atom stereocenters. The summed E-state index contributed by atoms with van der Waals surface area (Å²) in [6.07, 6.45) is 1.34. The predicted octanol–water partition coefficient (Wildman–Crippen LogP) is 4.10. The Morgan fingerprint density at radius 3 is 2.81 bits per heavy atom. The Balaban J connectivity index is 1.86. The van der Waals surface area contributed by atoms with Gasteiger partial charge in [0.05, 0.1) is 0 Å². The zero-order valence-electron chi connectivity index (χ0n) is 13.4. The largest absolute Gasteiger partial charge is 0.315 e. The van der Waals surface area contributed by atoms with Gasteiger partial charge in [0.1, 0.15) is 0 Å².